The van der Waals surface area contributed by atoms with E-state index in [1.54, 1.807) is 12.1 Å². The second-order valence-electron chi connectivity index (χ2n) is 7.25. The average Bonchev–Trinajstić information content (AvgIpc) is 2.58. The van der Waals surface area contributed by atoms with Crippen molar-refractivity contribution in [2.24, 2.45) is 0 Å². The number of nitrogens with one attached hydrogen (secondary N) is 2. The molecule has 6 heteroatoms. The minimum absolute atomic E-state index is 0. The first-order valence-corrected chi connectivity index (χ1v) is 8.80. The molecule has 0 bridgehead atoms. The second kappa shape index (κ2) is 10.9. The van der Waals surface area contributed by atoms with E-state index in [4.69, 9.17) is 4.74 Å². The number of ether oxygens (including phenoxy) is 1. The van der Waals surface area contributed by atoms with Gasteiger partial charge < -0.3 is 15.4 Å². The fourth-order valence-electron chi connectivity index (χ4n) is 2.46. The molecule has 0 aliphatic carbocycles. The zero-order valence-corrected chi connectivity index (χ0v) is 16.9. The third-order valence-electron chi connectivity index (χ3n) is 3.67. The van der Waals surface area contributed by atoms with Gasteiger partial charge in [-0.25, -0.2) is 4.39 Å². The minimum Gasteiger partial charge on any atom is -0.484 e. The third-order valence-corrected chi connectivity index (χ3v) is 3.67. The summed E-state index contributed by atoms with van der Waals surface area (Å²) in [6.45, 7) is 7.18. The lowest BCUT2D eigenvalue weighted by Gasteiger charge is -2.20. The van der Waals surface area contributed by atoms with E-state index in [1.165, 1.54) is 6.07 Å². The quantitative estimate of drug-likeness (QED) is 0.668. The maximum absolute atomic E-state index is 13.5. The molecule has 0 aromatic heterocycles. The van der Waals surface area contributed by atoms with E-state index in [9.17, 15) is 9.18 Å². The molecule has 0 saturated heterocycles. The van der Waals surface area contributed by atoms with Crippen LogP contribution in [-0.4, -0.2) is 24.6 Å². The maximum atomic E-state index is 13.5. The highest BCUT2D eigenvalue weighted by molar-refractivity contribution is 5.85. The van der Waals surface area contributed by atoms with Gasteiger partial charge in [-0.1, -0.05) is 30.3 Å². The first-order valence-electron chi connectivity index (χ1n) is 8.80. The molecule has 1 amide bonds. The molecule has 2 rings (SSSR count). The molecule has 148 valence electrons. The Morgan fingerprint density at radius 1 is 1.07 bits per heavy atom. The van der Waals surface area contributed by atoms with Crippen molar-refractivity contribution in [1.82, 2.24) is 10.6 Å². The van der Waals surface area contributed by atoms with Crippen LogP contribution >= 0.6 is 12.4 Å². The van der Waals surface area contributed by atoms with E-state index in [2.05, 4.69) is 10.6 Å². The van der Waals surface area contributed by atoms with Gasteiger partial charge in [-0.3, -0.25) is 4.79 Å². The molecule has 0 unspecified atom stereocenters. The van der Waals surface area contributed by atoms with E-state index >= 15 is 0 Å². The molecule has 27 heavy (non-hydrogen) atoms. The molecule has 2 aromatic carbocycles. The molecule has 0 radical (unpaired) electrons. The smallest absolute Gasteiger partial charge is 0.258 e. The summed E-state index contributed by atoms with van der Waals surface area (Å²) in [5.74, 6) is 0.354. The van der Waals surface area contributed by atoms with Crippen LogP contribution in [0.4, 0.5) is 4.39 Å². The van der Waals surface area contributed by atoms with Crippen molar-refractivity contribution < 1.29 is 13.9 Å². The van der Waals surface area contributed by atoms with Crippen molar-refractivity contribution in [3.63, 3.8) is 0 Å². The predicted octanol–water partition coefficient (Wildman–Crippen LogP) is 3.87. The summed E-state index contributed by atoms with van der Waals surface area (Å²) in [4.78, 5) is 11.7. The van der Waals surface area contributed by atoms with Crippen LogP contribution in [0.25, 0.3) is 0 Å². The van der Waals surface area contributed by atoms with Crippen LogP contribution in [-0.2, 0) is 17.8 Å². The summed E-state index contributed by atoms with van der Waals surface area (Å²) in [6, 6.07) is 14.4. The summed E-state index contributed by atoms with van der Waals surface area (Å²) < 4.78 is 19.0. The van der Waals surface area contributed by atoms with Gasteiger partial charge in [0.1, 0.15) is 11.6 Å². The number of carbonyl (C=O) groups excluding carboxylic acids is 1. The highest BCUT2D eigenvalue weighted by atomic mass is 35.5. The molecule has 0 fully saturated rings. The molecule has 4 nitrogen and oxygen atoms in total. The number of hydrogen-bond acceptors (Lipinski definition) is 3. The molecule has 0 spiro atoms. The molecule has 0 heterocycles. The van der Waals surface area contributed by atoms with Crippen LogP contribution in [0.2, 0.25) is 0 Å². The number of carbonyl (C=O) groups is 1. The largest absolute Gasteiger partial charge is 0.484 e. The van der Waals surface area contributed by atoms with Crippen molar-refractivity contribution in [2.45, 2.75) is 39.3 Å². The van der Waals surface area contributed by atoms with Crippen molar-refractivity contribution in [2.75, 3.05) is 13.2 Å². The number of hydrogen-bond donors (Lipinski definition) is 2. The molecular formula is C21H28ClFN2O2. The lowest BCUT2D eigenvalue weighted by Crippen LogP contribution is -2.43. The van der Waals surface area contributed by atoms with Gasteiger partial charge in [-0.15, -0.1) is 12.4 Å². The lowest BCUT2D eigenvalue weighted by molar-refractivity contribution is -0.124. The minimum atomic E-state index is -0.265. The van der Waals surface area contributed by atoms with E-state index in [-0.39, 0.29) is 36.3 Å². The van der Waals surface area contributed by atoms with Crippen LogP contribution in [0.5, 0.6) is 5.75 Å². The Kier molecular flexibility index (Phi) is 9.26. The molecule has 2 N–H and O–H groups in total. The summed E-state index contributed by atoms with van der Waals surface area (Å²) in [7, 11) is 0. The number of amides is 1. The highest BCUT2D eigenvalue weighted by Crippen LogP contribution is 2.12. The van der Waals surface area contributed by atoms with Crippen molar-refractivity contribution >= 4 is 18.3 Å². The fraction of sp³-hybridized carbons (Fsp3) is 0.381. The zero-order chi connectivity index (χ0) is 19.0. The topological polar surface area (TPSA) is 50.4 Å². The van der Waals surface area contributed by atoms with Gasteiger partial charge in [-0.05, 0) is 63.1 Å². The Hall–Kier alpha value is -2.11. The highest BCUT2D eigenvalue weighted by Gasteiger charge is 2.13. The Morgan fingerprint density at radius 3 is 2.37 bits per heavy atom. The SMILES string of the molecule is CC(C)(C)NC(=O)COc1ccc(CNCCc2ccccc2F)cc1.Cl. The lowest BCUT2D eigenvalue weighted by atomic mass is 10.1. The Bertz CT molecular complexity index is 715. The fourth-order valence-corrected chi connectivity index (χ4v) is 2.46. The summed E-state index contributed by atoms with van der Waals surface area (Å²) in [6.07, 6.45) is 0.650. The van der Waals surface area contributed by atoms with E-state index in [0.717, 1.165) is 11.1 Å². The van der Waals surface area contributed by atoms with Gasteiger partial charge in [0.05, 0.1) is 0 Å². The van der Waals surface area contributed by atoms with Gasteiger partial charge in [0, 0.05) is 12.1 Å². The van der Waals surface area contributed by atoms with Gasteiger partial charge in [0.25, 0.3) is 5.91 Å². The molecule has 0 aliphatic heterocycles. The van der Waals surface area contributed by atoms with Gasteiger partial charge in [0.2, 0.25) is 0 Å². The van der Waals surface area contributed by atoms with E-state index in [0.29, 0.717) is 25.3 Å². The van der Waals surface area contributed by atoms with Gasteiger partial charge >= 0.3 is 0 Å². The first kappa shape index (κ1) is 22.9. The van der Waals surface area contributed by atoms with Gasteiger partial charge in [0.15, 0.2) is 6.61 Å². The van der Waals surface area contributed by atoms with Crippen LogP contribution in [0.3, 0.4) is 0 Å². The van der Waals surface area contributed by atoms with Crippen molar-refractivity contribution in [3.8, 4) is 5.75 Å². The Labute approximate surface area is 166 Å². The van der Waals surface area contributed by atoms with Crippen LogP contribution < -0.4 is 15.4 Å². The number of benzene rings is 2. The summed E-state index contributed by atoms with van der Waals surface area (Å²) >= 11 is 0. The standard InChI is InChI=1S/C21H27FN2O2.ClH/c1-21(2,3)24-20(25)15-26-18-10-8-16(9-11-18)14-23-13-12-17-6-4-5-7-19(17)22;/h4-11,23H,12-15H2,1-3H3,(H,24,25);1H. The normalized spacial score (nSPS) is 10.8. The monoisotopic (exact) mass is 394 g/mol. The van der Waals surface area contributed by atoms with E-state index < -0.39 is 0 Å². The van der Waals surface area contributed by atoms with Crippen LogP contribution in [0.15, 0.2) is 48.5 Å². The third kappa shape index (κ3) is 8.89. The van der Waals surface area contributed by atoms with Crippen LogP contribution in [0.1, 0.15) is 31.9 Å². The first-order chi connectivity index (χ1) is 12.3. The second-order valence-corrected chi connectivity index (χ2v) is 7.25. The molecule has 0 atom stereocenters. The van der Waals surface area contributed by atoms with Crippen molar-refractivity contribution in [1.29, 1.82) is 0 Å². The predicted molar refractivity (Wildman–Crippen MR) is 109 cm³/mol. The molecule has 0 aliphatic rings. The van der Waals surface area contributed by atoms with Crippen molar-refractivity contribution in [3.05, 3.63) is 65.5 Å². The Morgan fingerprint density at radius 2 is 1.74 bits per heavy atom. The number of halogens is 2. The van der Waals surface area contributed by atoms with Crippen LogP contribution in [0, 0.1) is 5.82 Å². The average molecular weight is 395 g/mol. The molecular weight excluding hydrogens is 367 g/mol. The maximum Gasteiger partial charge on any atom is 0.258 e. The van der Waals surface area contributed by atoms with Gasteiger partial charge in [-0.2, -0.15) is 0 Å². The summed E-state index contributed by atoms with van der Waals surface area (Å²) in [5, 5.41) is 6.15. The zero-order valence-electron chi connectivity index (χ0n) is 16.0. The molecule has 2 aromatic rings. The Balaban J connectivity index is 0.00000364. The summed E-state index contributed by atoms with van der Waals surface area (Å²) in [5.41, 5.74) is 1.56. The van der Waals surface area contributed by atoms with E-state index in [1.807, 2.05) is 51.1 Å². The molecule has 0 saturated carbocycles. The number of rotatable bonds is 8.